The maximum Gasteiger partial charge on any atom is 0.326 e. The molecule has 6 atom stereocenters. The van der Waals surface area contributed by atoms with Gasteiger partial charge in [0, 0.05) is 17.7 Å². The molecular formula is C25H27N3O2. The predicted octanol–water partition coefficient (Wildman–Crippen LogP) is 4.18. The number of hydrogen-bond donors (Lipinski definition) is 1. The lowest BCUT2D eigenvalue weighted by Gasteiger charge is -2.45. The first kappa shape index (κ1) is 20.3. The summed E-state index contributed by atoms with van der Waals surface area (Å²) in [6.45, 7) is 6.34. The lowest BCUT2D eigenvalue weighted by Crippen LogP contribution is -2.58. The highest BCUT2D eigenvalue weighted by Crippen LogP contribution is 2.50. The zero-order valence-corrected chi connectivity index (χ0v) is 17.6. The van der Waals surface area contributed by atoms with Crippen molar-refractivity contribution in [3.63, 3.8) is 0 Å². The van der Waals surface area contributed by atoms with Crippen LogP contribution in [0.15, 0.2) is 48.7 Å². The molecule has 5 heteroatoms. The Hall–Kier alpha value is -2.97. The zero-order chi connectivity index (χ0) is 21.5. The number of hydrogen-bond acceptors (Lipinski definition) is 5. The number of aromatic nitrogens is 1. The standard InChI is InChI=1S/C25H27N3O2/c1-15-12-25(27)23(17(3)30-24(25)29)22(16(15)2)10-9-21-8-7-20(14-28-21)19-6-4-5-18(11-19)13-26/h4-11,14-17,22-23H,12,27H2,1-3H3/t15-,16+,17+,22-,23-,25-/m0/s1. The maximum absolute atomic E-state index is 12.4. The molecule has 1 saturated carbocycles. The lowest BCUT2D eigenvalue weighted by molar-refractivity contribution is -0.145. The molecule has 0 amide bonds. The molecular weight excluding hydrogens is 374 g/mol. The average molecular weight is 402 g/mol. The number of cyclic esters (lactones) is 1. The number of benzene rings is 1. The Balaban J connectivity index is 1.58. The number of esters is 1. The van der Waals surface area contributed by atoms with Crippen molar-refractivity contribution in [2.75, 3.05) is 0 Å². The van der Waals surface area contributed by atoms with E-state index in [1.807, 2.05) is 49.5 Å². The summed E-state index contributed by atoms with van der Waals surface area (Å²) in [4.78, 5) is 17.0. The van der Waals surface area contributed by atoms with E-state index in [1.54, 1.807) is 6.07 Å². The summed E-state index contributed by atoms with van der Waals surface area (Å²) in [5.41, 5.74) is 9.08. The first-order valence-corrected chi connectivity index (χ1v) is 10.5. The Morgan fingerprint density at radius 2 is 2.03 bits per heavy atom. The van der Waals surface area contributed by atoms with Gasteiger partial charge in [-0.15, -0.1) is 0 Å². The highest BCUT2D eigenvalue weighted by atomic mass is 16.6. The van der Waals surface area contributed by atoms with Crippen molar-refractivity contribution < 1.29 is 9.53 Å². The van der Waals surface area contributed by atoms with Gasteiger partial charge >= 0.3 is 5.97 Å². The Morgan fingerprint density at radius 1 is 1.23 bits per heavy atom. The molecule has 0 spiro atoms. The van der Waals surface area contributed by atoms with Gasteiger partial charge in [-0.05, 0) is 60.9 Å². The number of carbonyl (C=O) groups excluding carboxylic acids is 1. The molecule has 5 nitrogen and oxygen atoms in total. The van der Waals surface area contributed by atoms with Gasteiger partial charge in [0.2, 0.25) is 0 Å². The van der Waals surface area contributed by atoms with Gasteiger partial charge < -0.3 is 10.5 Å². The second kappa shape index (κ2) is 7.70. The van der Waals surface area contributed by atoms with E-state index >= 15 is 0 Å². The molecule has 0 bridgehead atoms. The van der Waals surface area contributed by atoms with Crippen LogP contribution in [-0.2, 0) is 9.53 Å². The summed E-state index contributed by atoms with van der Waals surface area (Å²) in [6, 6.07) is 13.6. The van der Waals surface area contributed by atoms with Gasteiger partial charge in [0.25, 0.3) is 0 Å². The normalized spacial score (nSPS) is 33.2. The minimum absolute atomic E-state index is 0.0274. The van der Waals surface area contributed by atoms with Crippen molar-refractivity contribution in [3.05, 3.63) is 59.9 Å². The fourth-order valence-corrected chi connectivity index (χ4v) is 5.16. The topological polar surface area (TPSA) is 89.0 Å². The molecule has 1 aromatic heterocycles. The quantitative estimate of drug-likeness (QED) is 0.779. The van der Waals surface area contributed by atoms with Crippen LogP contribution in [0, 0.1) is 35.0 Å². The summed E-state index contributed by atoms with van der Waals surface area (Å²) < 4.78 is 5.54. The molecule has 2 aliphatic rings. The summed E-state index contributed by atoms with van der Waals surface area (Å²) in [7, 11) is 0. The van der Waals surface area contributed by atoms with Crippen molar-refractivity contribution in [2.24, 2.45) is 29.4 Å². The highest BCUT2D eigenvalue weighted by Gasteiger charge is 2.60. The predicted molar refractivity (Wildman–Crippen MR) is 116 cm³/mol. The van der Waals surface area contributed by atoms with Crippen LogP contribution < -0.4 is 5.73 Å². The van der Waals surface area contributed by atoms with Gasteiger partial charge in [-0.25, -0.2) is 0 Å². The van der Waals surface area contributed by atoms with Crippen molar-refractivity contribution >= 4 is 12.0 Å². The Kier molecular flexibility index (Phi) is 5.21. The van der Waals surface area contributed by atoms with Crippen LogP contribution in [0.4, 0.5) is 0 Å². The fraction of sp³-hybridized carbons (Fsp3) is 0.400. The molecule has 2 aromatic rings. The summed E-state index contributed by atoms with van der Waals surface area (Å²) in [5, 5.41) is 9.09. The molecule has 0 radical (unpaired) electrons. The molecule has 30 heavy (non-hydrogen) atoms. The van der Waals surface area contributed by atoms with E-state index in [9.17, 15) is 4.79 Å². The molecule has 1 saturated heterocycles. The molecule has 2 N–H and O–H groups in total. The van der Waals surface area contributed by atoms with Crippen molar-refractivity contribution in [2.45, 2.75) is 38.8 Å². The number of nitrogens with zero attached hydrogens (tertiary/aromatic N) is 2. The molecule has 2 heterocycles. The van der Waals surface area contributed by atoms with Crippen molar-refractivity contribution in [3.8, 4) is 17.2 Å². The molecule has 1 aliphatic heterocycles. The van der Waals surface area contributed by atoms with Crippen LogP contribution in [0.25, 0.3) is 17.2 Å². The van der Waals surface area contributed by atoms with Crippen LogP contribution in [0.3, 0.4) is 0 Å². The summed E-state index contributed by atoms with van der Waals surface area (Å²) >= 11 is 0. The first-order valence-electron chi connectivity index (χ1n) is 10.5. The number of fused-ring (bicyclic) bond motifs is 1. The third-order valence-electron chi connectivity index (χ3n) is 6.95. The Labute approximate surface area is 177 Å². The minimum atomic E-state index is -0.899. The average Bonchev–Trinajstić information content (AvgIpc) is 2.97. The fourth-order valence-electron chi connectivity index (χ4n) is 5.16. The van der Waals surface area contributed by atoms with Crippen molar-refractivity contribution in [1.29, 1.82) is 5.26 Å². The SMILES string of the molecule is C[C@H]1[C@H](C=Cc2ccc(-c3cccc(C#N)c3)cn2)[C@@H]2[C@@H](C)OC(=O)[C@]2(N)C[C@@H]1C. The van der Waals surface area contributed by atoms with Gasteiger partial charge in [-0.1, -0.05) is 38.1 Å². The van der Waals surface area contributed by atoms with Crippen LogP contribution in [0.1, 0.15) is 38.4 Å². The van der Waals surface area contributed by atoms with Crippen molar-refractivity contribution in [1.82, 2.24) is 4.98 Å². The monoisotopic (exact) mass is 401 g/mol. The number of pyridine rings is 1. The zero-order valence-electron chi connectivity index (χ0n) is 17.6. The molecule has 154 valence electrons. The van der Waals surface area contributed by atoms with E-state index < -0.39 is 5.54 Å². The maximum atomic E-state index is 12.4. The van der Waals surface area contributed by atoms with Crippen LogP contribution in [0.5, 0.6) is 0 Å². The molecule has 1 aliphatic carbocycles. The van der Waals surface area contributed by atoms with E-state index in [0.717, 1.165) is 16.8 Å². The van der Waals surface area contributed by atoms with E-state index in [4.69, 9.17) is 15.7 Å². The number of ether oxygens (including phenoxy) is 1. The number of rotatable bonds is 3. The Morgan fingerprint density at radius 3 is 2.73 bits per heavy atom. The van der Waals surface area contributed by atoms with Gasteiger partial charge in [-0.3, -0.25) is 9.78 Å². The van der Waals surface area contributed by atoms with Crippen LogP contribution >= 0.6 is 0 Å². The molecule has 1 aromatic carbocycles. The van der Waals surface area contributed by atoms with Gasteiger partial charge in [0.1, 0.15) is 11.6 Å². The number of carbonyl (C=O) groups is 1. The van der Waals surface area contributed by atoms with Crippen LogP contribution in [0.2, 0.25) is 0 Å². The molecule has 2 fully saturated rings. The second-order valence-electron chi connectivity index (χ2n) is 8.82. The Bertz CT molecular complexity index is 1020. The lowest BCUT2D eigenvalue weighted by atomic mass is 9.59. The van der Waals surface area contributed by atoms with E-state index in [1.165, 1.54) is 0 Å². The third-order valence-corrected chi connectivity index (χ3v) is 6.95. The highest BCUT2D eigenvalue weighted by molar-refractivity contribution is 5.84. The molecule has 0 unspecified atom stereocenters. The third kappa shape index (κ3) is 3.42. The van der Waals surface area contributed by atoms with Crippen LogP contribution in [-0.4, -0.2) is 22.6 Å². The van der Waals surface area contributed by atoms with E-state index in [-0.39, 0.29) is 23.9 Å². The minimum Gasteiger partial charge on any atom is -0.461 e. The first-order chi connectivity index (χ1) is 14.3. The van der Waals surface area contributed by atoms with Gasteiger partial charge in [0.05, 0.1) is 17.3 Å². The summed E-state index contributed by atoms with van der Waals surface area (Å²) in [5.74, 6) is 0.586. The van der Waals surface area contributed by atoms with E-state index in [2.05, 4.69) is 31.0 Å². The second-order valence-corrected chi connectivity index (χ2v) is 8.82. The van der Waals surface area contributed by atoms with E-state index in [0.29, 0.717) is 23.8 Å². The summed E-state index contributed by atoms with van der Waals surface area (Å²) in [6.07, 6.45) is 6.48. The van der Waals surface area contributed by atoms with Gasteiger partial charge in [-0.2, -0.15) is 5.26 Å². The molecule has 4 rings (SSSR count). The number of nitriles is 1. The number of allylic oxidation sites excluding steroid dienone is 1. The van der Waals surface area contributed by atoms with Gasteiger partial charge in [0.15, 0.2) is 0 Å². The smallest absolute Gasteiger partial charge is 0.326 e. The largest absolute Gasteiger partial charge is 0.461 e. The number of nitrogens with two attached hydrogens (primary N) is 1.